The van der Waals surface area contributed by atoms with Gasteiger partial charge in [0.15, 0.2) is 4.21 Å². The summed E-state index contributed by atoms with van der Waals surface area (Å²) >= 11 is 4.35. The molecule has 0 amide bonds. The molecule has 0 spiro atoms. The molecule has 0 saturated carbocycles. The maximum Gasteiger partial charge on any atom is 0.272 e. The van der Waals surface area contributed by atoms with Crippen LogP contribution in [-0.2, 0) is 10.0 Å². The Hall–Kier alpha value is -1.05. The van der Waals surface area contributed by atoms with Gasteiger partial charge in [-0.2, -0.15) is 0 Å². The Bertz CT molecular complexity index is 680. The third-order valence-corrected chi connectivity index (χ3v) is 6.32. The summed E-state index contributed by atoms with van der Waals surface area (Å²) in [6.07, 6.45) is 0. The van der Waals surface area contributed by atoms with Gasteiger partial charge in [0.1, 0.15) is 0 Å². The smallest absolute Gasteiger partial charge is 0.272 e. The zero-order chi connectivity index (χ0) is 13.3. The number of nitrogens with one attached hydrogen (secondary N) is 1. The molecule has 1 aromatic carbocycles. The van der Waals surface area contributed by atoms with Crippen LogP contribution in [-0.4, -0.2) is 8.42 Å². The Labute approximate surface area is 118 Å². The van der Waals surface area contributed by atoms with Gasteiger partial charge >= 0.3 is 0 Å². The van der Waals surface area contributed by atoms with E-state index in [1.54, 1.807) is 29.6 Å². The van der Waals surface area contributed by atoms with E-state index in [1.165, 1.54) is 0 Å². The molecule has 0 fully saturated rings. The fraction of sp³-hybridized carbons (Fsp3) is 0.0909. The highest BCUT2D eigenvalue weighted by Crippen LogP contribution is 2.30. The first-order chi connectivity index (χ1) is 8.40. The summed E-state index contributed by atoms with van der Waals surface area (Å²) < 4.78 is 27.5. The van der Waals surface area contributed by atoms with E-state index in [4.69, 9.17) is 5.73 Å². The third kappa shape index (κ3) is 2.68. The van der Waals surface area contributed by atoms with Gasteiger partial charge in [-0.1, -0.05) is 6.07 Å². The van der Waals surface area contributed by atoms with Crippen molar-refractivity contribution in [2.24, 2.45) is 0 Å². The Balaban J connectivity index is 2.37. The Kier molecular flexibility index (Phi) is 3.65. The number of thiophene rings is 1. The number of nitrogens with two attached hydrogens (primary N) is 1. The van der Waals surface area contributed by atoms with Crippen LogP contribution in [0.5, 0.6) is 0 Å². The molecule has 0 atom stereocenters. The summed E-state index contributed by atoms with van der Waals surface area (Å²) in [4.78, 5) is 0. The largest absolute Gasteiger partial charge is 0.397 e. The van der Waals surface area contributed by atoms with E-state index in [1.807, 2.05) is 6.92 Å². The summed E-state index contributed by atoms with van der Waals surface area (Å²) in [5.74, 6) is 0. The first-order valence-corrected chi connectivity index (χ1v) is 8.17. The van der Waals surface area contributed by atoms with Crippen molar-refractivity contribution in [2.45, 2.75) is 11.1 Å². The second-order valence-corrected chi connectivity index (χ2v) is 7.40. The molecule has 7 heteroatoms. The van der Waals surface area contributed by atoms with Crippen LogP contribution in [0, 0.1) is 6.92 Å². The van der Waals surface area contributed by atoms with E-state index in [-0.39, 0.29) is 4.21 Å². The molecule has 2 aromatic rings. The van der Waals surface area contributed by atoms with Crippen LogP contribution in [0.2, 0.25) is 0 Å². The number of hydrogen-bond donors (Lipinski definition) is 2. The second kappa shape index (κ2) is 4.91. The molecule has 96 valence electrons. The van der Waals surface area contributed by atoms with Crippen molar-refractivity contribution in [1.29, 1.82) is 0 Å². The quantitative estimate of drug-likeness (QED) is 0.838. The lowest BCUT2D eigenvalue weighted by Gasteiger charge is -2.10. The Morgan fingerprint density at radius 1 is 1.33 bits per heavy atom. The van der Waals surface area contributed by atoms with Crippen LogP contribution >= 0.6 is 27.3 Å². The molecule has 0 bridgehead atoms. The molecule has 0 radical (unpaired) electrons. The van der Waals surface area contributed by atoms with Gasteiger partial charge in [0.25, 0.3) is 10.0 Å². The van der Waals surface area contributed by atoms with Crippen molar-refractivity contribution in [2.75, 3.05) is 10.5 Å². The van der Waals surface area contributed by atoms with Crippen LogP contribution in [0.15, 0.2) is 38.3 Å². The predicted octanol–water partition coefficient (Wildman–Crippen LogP) is 3.20. The van der Waals surface area contributed by atoms with Crippen LogP contribution in [0.1, 0.15) is 5.56 Å². The topological polar surface area (TPSA) is 72.2 Å². The van der Waals surface area contributed by atoms with Gasteiger partial charge in [-0.15, -0.1) is 11.3 Å². The summed E-state index contributed by atoms with van der Waals surface area (Å²) in [7, 11) is -3.59. The molecule has 0 unspecified atom stereocenters. The minimum atomic E-state index is -3.59. The summed E-state index contributed by atoms with van der Waals surface area (Å²) in [6, 6.07) is 6.88. The molecular weight excluding hydrogens is 336 g/mol. The van der Waals surface area contributed by atoms with Crippen molar-refractivity contribution in [3.05, 3.63) is 39.7 Å². The highest BCUT2D eigenvalue weighted by Gasteiger charge is 2.20. The number of hydrogen-bond acceptors (Lipinski definition) is 4. The number of nitrogen functional groups attached to an aromatic ring is 1. The average molecular weight is 347 g/mol. The van der Waals surface area contributed by atoms with Crippen molar-refractivity contribution in [3.63, 3.8) is 0 Å². The number of halogens is 1. The fourth-order valence-corrected chi connectivity index (χ4v) is 4.86. The molecule has 3 N–H and O–H groups in total. The van der Waals surface area contributed by atoms with Gasteiger partial charge in [-0.25, -0.2) is 8.42 Å². The SMILES string of the molecule is Cc1ccc(NS(=O)(=O)c2sccc2Br)c(N)c1. The molecule has 0 aliphatic rings. The minimum Gasteiger partial charge on any atom is -0.397 e. The monoisotopic (exact) mass is 346 g/mol. The summed E-state index contributed by atoms with van der Waals surface area (Å²) in [5.41, 5.74) is 7.56. The van der Waals surface area contributed by atoms with E-state index in [0.29, 0.717) is 15.8 Å². The lowest BCUT2D eigenvalue weighted by Crippen LogP contribution is -2.13. The third-order valence-electron chi connectivity index (χ3n) is 2.28. The number of anilines is 2. The van der Waals surface area contributed by atoms with Crippen molar-refractivity contribution in [3.8, 4) is 0 Å². The first-order valence-electron chi connectivity index (χ1n) is 5.02. The molecule has 18 heavy (non-hydrogen) atoms. The van der Waals surface area contributed by atoms with Crippen molar-refractivity contribution < 1.29 is 8.42 Å². The fourth-order valence-electron chi connectivity index (χ4n) is 1.44. The zero-order valence-corrected chi connectivity index (χ0v) is 12.7. The van der Waals surface area contributed by atoms with Crippen molar-refractivity contribution >= 4 is 48.7 Å². The molecule has 2 rings (SSSR count). The summed E-state index contributed by atoms with van der Waals surface area (Å²) in [6.45, 7) is 1.89. The molecule has 0 aliphatic carbocycles. The van der Waals surface area contributed by atoms with E-state index in [2.05, 4.69) is 20.7 Å². The van der Waals surface area contributed by atoms with E-state index < -0.39 is 10.0 Å². The lowest BCUT2D eigenvalue weighted by atomic mass is 10.2. The van der Waals surface area contributed by atoms with Crippen LogP contribution < -0.4 is 10.5 Å². The van der Waals surface area contributed by atoms with Crippen LogP contribution in [0.25, 0.3) is 0 Å². The van der Waals surface area contributed by atoms with E-state index in [0.717, 1.165) is 16.9 Å². The highest BCUT2D eigenvalue weighted by molar-refractivity contribution is 9.10. The molecular formula is C11H11BrN2O2S2. The number of sulfonamides is 1. The van der Waals surface area contributed by atoms with E-state index >= 15 is 0 Å². The predicted molar refractivity (Wildman–Crippen MR) is 78.4 cm³/mol. The Morgan fingerprint density at radius 2 is 2.06 bits per heavy atom. The normalized spacial score (nSPS) is 11.4. The minimum absolute atomic E-state index is 0.238. The molecule has 1 aromatic heterocycles. The average Bonchev–Trinajstić information content (AvgIpc) is 2.69. The van der Waals surface area contributed by atoms with Crippen LogP contribution in [0.4, 0.5) is 11.4 Å². The molecule has 4 nitrogen and oxygen atoms in total. The first kappa shape index (κ1) is 13.4. The molecule has 0 aliphatic heterocycles. The maximum atomic E-state index is 12.1. The van der Waals surface area contributed by atoms with Gasteiger partial charge in [-0.05, 0) is 52.0 Å². The maximum absolute atomic E-state index is 12.1. The second-order valence-electron chi connectivity index (χ2n) is 3.75. The standard InChI is InChI=1S/C11H11BrN2O2S2/c1-7-2-3-10(9(13)6-7)14-18(15,16)11-8(12)4-5-17-11/h2-6,14H,13H2,1H3. The van der Waals surface area contributed by atoms with E-state index in [9.17, 15) is 8.42 Å². The van der Waals surface area contributed by atoms with Crippen molar-refractivity contribution in [1.82, 2.24) is 0 Å². The van der Waals surface area contributed by atoms with Gasteiger partial charge in [0.05, 0.1) is 11.4 Å². The molecule has 1 heterocycles. The Morgan fingerprint density at radius 3 is 2.61 bits per heavy atom. The van der Waals surface area contributed by atoms with Gasteiger partial charge in [-0.3, -0.25) is 4.72 Å². The number of benzene rings is 1. The number of aryl methyl sites for hydroxylation is 1. The lowest BCUT2D eigenvalue weighted by molar-refractivity contribution is 0.603. The van der Waals surface area contributed by atoms with Crippen LogP contribution in [0.3, 0.4) is 0 Å². The number of rotatable bonds is 3. The molecule has 0 saturated heterocycles. The van der Waals surface area contributed by atoms with Gasteiger partial charge in [0.2, 0.25) is 0 Å². The zero-order valence-electron chi connectivity index (χ0n) is 9.48. The summed E-state index contributed by atoms with van der Waals surface area (Å²) in [5, 5.41) is 1.71. The van der Waals surface area contributed by atoms with Gasteiger partial charge in [0, 0.05) is 4.47 Å². The van der Waals surface area contributed by atoms with Gasteiger partial charge < -0.3 is 5.73 Å². The highest BCUT2D eigenvalue weighted by atomic mass is 79.9.